The van der Waals surface area contributed by atoms with Crippen LogP contribution in [0.5, 0.6) is 0 Å². The van der Waals surface area contributed by atoms with Crippen LogP contribution in [0.25, 0.3) is 0 Å². The van der Waals surface area contributed by atoms with Crippen molar-refractivity contribution in [1.29, 1.82) is 0 Å². The molecule has 0 saturated heterocycles. The maximum atomic E-state index is 5.40. The SMILES string of the molecule is CCCCOC(C)OC(C)OCC. The van der Waals surface area contributed by atoms with E-state index < -0.39 is 0 Å². The van der Waals surface area contributed by atoms with Gasteiger partial charge in [-0.05, 0) is 27.2 Å². The standard InChI is InChI=1S/C10H22O3/c1-5-7-8-12-10(4)13-9(3)11-6-2/h9-10H,5-8H2,1-4H3. The first kappa shape index (κ1) is 12.9. The van der Waals surface area contributed by atoms with Crippen molar-refractivity contribution in [1.82, 2.24) is 0 Å². The minimum Gasteiger partial charge on any atom is -0.353 e. The van der Waals surface area contributed by atoms with E-state index in [0.717, 1.165) is 19.4 Å². The number of hydrogen-bond acceptors (Lipinski definition) is 3. The first-order chi connectivity index (χ1) is 6.20. The minimum absolute atomic E-state index is 0.173. The zero-order chi connectivity index (χ0) is 10.1. The van der Waals surface area contributed by atoms with Gasteiger partial charge in [0, 0.05) is 13.2 Å². The fourth-order valence-electron chi connectivity index (χ4n) is 0.977. The van der Waals surface area contributed by atoms with Crippen LogP contribution < -0.4 is 0 Å². The first-order valence-electron chi connectivity index (χ1n) is 5.09. The second-order valence-corrected chi connectivity index (χ2v) is 2.95. The lowest BCUT2D eigenvalue weighted by atomic mass is 10.4. The van der Waals surface area contributed by atoms with Crippen LogP contribution in [-0.2, 0) is 14.2 Å². The van der Waals surface area contributed by atoms with Crippen LogP contribution in [0.2, 0.25) is 0 Å². The van der Waals surface area contributed by atoms with Crippen LogP contribution >= 0.6 is 0 Å². The Bertz CT molecular complexity index is 106. The lowest BCUT2D eigenvalue weighted by molar-refractivity contribution is -0.230. The van der Waals surface area contributed by atoms with Gasteiger partial charge < -0.3 is 14.2 Å². The molecular weight excluding hydrogens is 168 g/mol. The van der Waals surface area contributed by atoms with Crippen molar-refractivity contribution in [2.75, 3.05) is 13.2 Å². The Kier molecular flexibility index (Phi) is 8.40. The fourth-order valence-corrected chi connectivity index (χ4v) is 0.977. The van der Waals surface area contributed by atoms with Gasteiger partial charge in [-0.15, -0.1) is 0 Å². The van der Waals surface area contributed by atoms with Gasteiger partial charge in [0.1, 0.15) is 0 Å². The van der Waals surface area contributed by atoms with E-state index >= 15 is 0 Å². The molecule has 0 bridgehead atoms. The molecule has 0 fully saturated rings. The van der Waals surface area contributed by atoms with E-state index in [1.807, 2.05) is 20.8 Å². The highest BCUT2D eigenvalue weighted by atomic mass is 16.8. The zero-order valence-corrected chi connectivity index (χ0v) is 9.21. The smallest absolute Gasteiger partial charge is 0.157 e. The normalized spacial score (nSPS) is 15.7. The maximum Gasteiger partial charge on any atom is 0.157 e. The van der Waals surface area contributed by atoms with Gasteiger partial charge in [-0.1, -0.05) is 13.3 Å². The third-order valence-electron chi connectivity index (χ3n) is 1.64. The summed E-state index contributed by atoms with van der Waals surface area (Å²) in [7, 11) is 0. The molecule has 0 aliphatic carbocycles. The molecule has 0 amide bonds. The Morgan fingerprint density at radius 2 is 1.62 bits per heavy atom. The van der Waals surface area contributed by atoms with Crippen LogP contribution in [0.15, 0.2) is 0 Å². The number of rotatable bonds is 8. The Labute approximate surface area is 81.4 Å². The molecule has 0 aromatic carbocycles. The molecule has 0 spiro atoms. The van der Waals surface area contributed by atoms with E-state index in [9.17, 15) is 0 Å². The molecule has 2 atom stereocenters. The van der Waals surface area contributed by atoms with Gasteiger partial charge in [0.2, 0.25) is 0 Å². The third-order valence-corrected chi connectivity index (χ3v) is 1.64. The molecule has 3 nitrogen and oxygen atoms in total. The van der Waals surface area contributed by atoms with E-state index in [4.69, 9.17) is 14.2 Å². The third kappa shape index (κ3) is 8.22. The highest BCUT2D eigenvalue weighted by Gasteiger charge is 2.07. The molecule has 0 aromatic heterocycles. The highest BCUT2D eigenvalue weighted by Crippen LogP contribution is 2.02. The monoisotopic (exact) mass is 190 g/mol. The summed E-state index contributed by atoms with van der Waals surface area (Å²) in [5.41, 5.74) is 0. The molecule has 0 aliphatic heterocycles. The van der Waals surface area contributed by atoms with Crippen LogP contribution in [0.3, 0.4) is 0 Å². The number of unbranched alkanes of at least 4 members (excludes halogenated alkanes) is 1. The van der Waals surface area contributed by atoms with E-state index in [1.165, 1.54) is 0 Å². The Balaban J connectivity index is 3.32. The summed E-state index contributed by atoms with van der Waals surface area (Å²) in [4.78, 5) is 0. The van der Waals surface area contributed by atoms with Crippen LogP contribution in [0.4, 0.5) is 0 Å². The zero-order valence-electron chi connectivity index (χ0n) is 9.21. The number of hydrogen-bond donors (Lipinski definition) is 0. The molecule has 0 aliphatic rings. The molecule has 0 radical (unpaired) electrons. The van der Waals surface area contributed by atoms with Crippen molar-refractivity contribution < 1.29 is 14.2 Å². The van der Waals surface area contributed by atoms with E-state index in [1.54, 1.807) is 0 Å². The summed E-state index contributed by atoms with van der Waals surface area (Å²) in [6.07, 6.45) is 1.87. The second-order valence-electron chi connectivity index (χ2n) is 2.95. The average molecular weight is 190 g/mol. The van der Waals surface area contributed by atoms with Crippen molar-refractivity contribution in [3.63, 3.8) is 0 Å². The molecule has 2 unspecified atom stereocenters. The first-order valence-corrected chi connectivity index (χ1v) is 5.09. The van der Waals surface area contributed by atoms with Gasteiger partial charge in [0.05, 0.1) is 0 Å². The van der Waals surface area contributed by atoms with Crippen molar-refractivity contribution in [2.45, 2.75) is 53.1 Å². The lowest BCUT2D eigenvalue weighted by Gasteiger charge is -2.19. The number of ether oxygens (including phenoxy) is 3. The molecule has 0 N–H and O–H groups in total. The summed E-state index contributed by atoms with van der Waals surface area (Å²) in [6, 6.07) is 0. The average Bonchev–Trinajstić information content (AvgIpc) is 2.05. The van der Waals surface area contributed by atoms with E-state index in [2.05, 4.69) is 6.92 Å². The van der Waals surface area contributed by atoms with E-state index in [-0.39, 0.29) is 12.6 Å². The van der Waals surface area contributed by atoms with Gasteiger partial charge in [-0.25, -0.2) is 0 Å². The van der Waals surface area contributed by atoms with Crippen molar-refractivity contribution in [3.8, 4) is 0 Å². The fraction of sp³-hybridized carbons (Fsp3) is 1.00. The van der Waals surface area contributed by atoms with Gasteiger partial charge in [0.25, 0.3) is 0 Å². The molecular formula is C10H22O3. The summed E-state index contributed by atoms with van der Waals surface area (Å²) in [6.45, 7) is 9.29. The Morgan fingerprint density at radius 3 is 2.15 bits per heavy atom. The predicted octanol–water partition coefficient (Wildman–Crippen LogP) is 2.55. The second kappa shape index (κ2) is 8.48. The van der Waals surface area contributed by atoms with Gasteiger partial charge >= 0.3 is 0 Å². The maximum absolute atomic E-state index is 5.40. The minimum atomic E-state index is -0.179. The van der Waals surface area contributed by atoms with Gasteiger partial charge in [0.15, 0.2) is 12.6 Å². The molecule has 0 aromatic rings. The van der Waals surface area contributed by atoms with E-state index in [0.29, 0.717) is 6.61 Å². The quantitative estimate of drug-likeness (QED) is 0.435. The Morgan fingerprint density at radius 1 is 1.00 bits per heavy atom. The van der Waals surface area contributed by atoms with Gasteiger partial charge in [-0.3, -0.25) is 0 Å². The van der Waals surface area contributed by atoms with Crippen molar-refractivity contribution in [3.05, 3.63) is 0 Å². The largest absolute Gasteiger partial charge is 0.353 e. The lowest BCUT2D eigenvalue weighted by Crippen LogP contribution is -2.22. The molecule has 0 heterocycles. The predicted molar refractivity (Wildman–Crippen MR) is 52.5 cm³/mol. The summed E-state index contributed by atoms with van der Waals surface area (Å²) in [5.74, 6) is 0. The van der Waals surface area contributed by atoms with Crippen LogP contribution in [0, 0.1) is 0 Å². The molecule has 0 saturated carbocycles. The topological polar surface area (TPSA) is 27.7 Å². The summed E-state index contributed by atoms with van der Waals surface area (Å²) in [5, 5.41) is 0. The summed E-state index contributed by atoms with van der Waals surface area (Å²) >= 11 is 0. The van der Waals surface area contributed by atoms with Crippen molar-refractivity contribution >= 4 is 0 Å². The van der Waals surface area contributed by atoms with Crippen molar-refractivity contribution in [2.24, 2.45) is 0 Å². The summed E-state index contributed by atoms with van der Waals surface area (Å²) < 4.78 is 16.0. The van der Waals surface area contributed by atoms with Crippen LogP contribution in [0.1, 0.15) is 40.5 Å². The highest BCUT2D eigenvalue weighted by molar-refractivity contribution is 4.37. The van der Waals surface area contributed by atoms with Gasteiger partial charge in [-0.2, -0.15) is 0 Å². The molecule has 80 valence electrons. The molecule has 0 rings (SSSR count). The molecule has 3 heteroatoms. The Hall–Kier alpha value is -0.120. The van der Waals surface area contributed by atoms with Crippen LogP contribution in [-0.4, -0.2) is 25.8 Å². The molecule has 13 heavy (non-hydrogen) atoms.